The van der Waals surface area contributed by atoms with E-state index in [1.165, 1.54) is 12.1 Å². The average Bonchev–Trinajstić information content (AvgIpc) is 2.39. The van der Waals surface area contributed by atoms with Gasteiger partial charge in [-0.15, -0.1) is 0 Å². The lowest BCUT2D eigenvalue weighted by Crippen LogP contribution is -2.43. The number of hydrogen-bond acceptors (Lipinski definition) is 3. The number of hydrogen-bond donors (Lipinski definition) is 3. The van der Waals surface area contributed by atoms with Crippen LogP contribution in [0.1, 0.15) is 13.3 Å². The minimum atomic E-state index is -1.02. The van der Waals surface area contributed by atoms with Gasteiger partial charge in [0.05, 0.1) is 18.3 Å². The molecule has 0 radical (unpaired) electrons. The van der Waals surface area contributed by atoms with E-state index in [0.29, 0.717) is 6.42 Å². The Bertz CT molecular complexity index is 478. The van der Waals surface area contributed by atoms with Gasteiger partial charge in [0.1, 0.15) is 5.82 Å². The SMILES string of the molecule is CCC(CO)NC(=O)C(=O)Nc1cc(Cl)ccc1F. The molecule has 1 rings (SSSR count). The first-order valence-electron chi connectivity index (χ1n) is 5.65. The number of carbonyl (C=O) groups is 2. The van der Waals surface area contributed by atoms with E-state index in [0.717, 1.165) is 6.07 Å². The van der Waals surface area contributed by atoms with Gasteiger partial charge in [-0.3, -0.25) is 9.59 Å². The fourth-order valence-corrected chi connectivity index (χ4v) is 1.47. The largest absolute Gasteiger partial charge is 0.394 e. The molecule has 0 aliphatic rings. The lowest BCUT2D eigenvalue weighted by Gasteiger charge is -2.13. The number of halogens is 2. The molecule has 1 aromatic rings. The molecule has 0 saturated carbocycles. The number of anilines is 1. The highest BCUT2D eigenvalue weighted by Gasteiger charge is 2.18. The molecule has 7 heteroatoms. The van der Waals surface area contributed by atoms with Gasteiger partial charge in [-0.05, 0) is 24.6 Å². The first-order valence-corrected chi connectivity index (χ1v) is 6.03. The lowest BCUT2D eigenvalue weighted by atomic mass is 10.2. The number of aliphatic hydroxyl groups excluding tert-OH is 1. The molecule has 2 amide bonds. The van der Waals surface area contributed by atoms with Crippen LogP contribution in [0.25, 0.3) is 0 Å². The van der Waals surface area contributed by atoms with Crippen molar-refractivity contribution >= 4 is 29.1 Å². The van der Waals surface area contributed by atoms with Gasteiger partial charge in [-0.25, -0.2) is 4.39 Å². The molecule has 1 aromatic carbocycles. The molecule has 0 heterocycles. The van der Waals surface area contributed by atoms with Crippen LogP contribution in [0, 0.1) is 5.82 Å². The number of carbonyl (C=O) groups excluding carboxylic acids is 2. The predicted molar refractivity (Wildman–Crippen MR) is 69.3 cm³/mol. The van der Waals surface area contributed by atoms with E-state index in [2.05, 4.69) is 10.6 Å². The van der Waals surface area contributed by atoms with E-state index in [9.17, 15) is 14.0 Å². The molecule has 19 heavy (non-hydrogen) atoms. The summed E-state index contributed by atoms with van der Waals surface area (Å²) in [5.41, 5.74) is -0.176. The maximum atomic E-state index is 13.3. The van der Waals surface area contributed by atoms with E-state index in [1.54, 1.807) is 6.92 Å². The Morgan fingerprint density at radius 3 is 2.68 bits per heavy atom. The van der Waals surface area contributed by atoms with Crippen LogP contribution in [-0.2, 0) is 9.59 Å². The second-order valence-corrected chi connectivity index (χ2v) is 4.28. The van der Waals surface area contributed by atoms with E-state index in [4.69, 9.17) is 16.7 Å². The smallest absolute Gasteiger partial charge is 0.313 e. The molecular formula is C12H14ClFN2O3. The lowest BCUT2D eigenvalue weighted by molar-refractivity contribution is -0.136. The molecule has 0 aliphatic carbocycles. The van der Waals surface area contributed by atoms with Crippen LogP contribution in [0.2, 0.25) is 5.02 Å². The van der Waals surface area contributed by atoms with Crippen molar-refractivity contribution in [1.82, 2.24) is 5.32 Å². The molecule has 1 atom stereocenters. The highest BCUT2D eigenvalue weighted by atomic mass is 35.5. The van der Waals surface area contributed by atoms with E-state index in [1.807, 2.05) is 0 Å². The van der Waals surface area contributed by atoms with Crippen LogP contribution in [0.15, 0.2) is 18.2 Å². The van der Waals surface area contributed by atoms with Gasteiger partial charge in [0.15, 0.2) is 0 Å². The van der Waals surface area contributed by atoms with Crippen molar-refractivity contribution in [3.05, 3.63) is 29.0 Å². The Hall–Kier alpha value is -1.66. The Labute approximate surface area is 114 Å². The third-order valence-electron chi connectivity index (χ3n) is 2.43. The molecule has 5 nitrogen and oxygen atoms in total. The van der Waals surface area contributed by atoms with Crippen LogP contribution >= 0.6 is 11.6 Å². The van der Waals surface area contributed by atoms with Gasteiger partial charge in [0.2, 0.25) is 0 Å². The first kappa shape index (κ1) is 15.4. The summed E-state index contributed by atoms with van der Waals surface area (Å²) in [5, 5.41) is 13.6. The second-order valence-electron chi connectivity index (χ2n) is 3.84. The zero-order chi connectivity index (χ0) is 14.4. The number of benzene rings is 1. The summed E-state index contributed by atoms with van der Waals surface area (Å²) in [5.74, 6) is -2.66. The number of aliphatic hydroxyl groups is 1. The normalized spacial score (nSPS) is 11.8. The van der Waals surface area contributed by atoms with E-state index in [-0.39, 0.29) is 17.3 Å². The van der Waals surface area contributed by atoms with Crippen molar-refractivity contribution in [2.75, 3.05) is 11.9 Å². The Kier molecular flexibility index (Phi) is 5.72. The standard InChI is InChI=1S/C12H14ClFN2O3/c1-2-8(6-17)15-11(18)12(19)16-10-5-7(13)3-4-9(10)14/h3-5,8,17H,2,6H2,1H3,(H,15,18)(H,16,19). The van der Waals surface area contributed by atoms with Crippen LogP contribution in [0.5, 0.6) is 0 Å². The van der Waals surface area contributed by atoms with Crippen molar-refractivity contribution in [3.8, 4) is 0 Å². The summed E-state index contributed by atoms with van der Waals surface area (Å²) in [6.07, 6.45) is 0.473. The second kappa shape index (κ2) is 7.06. The Morgan fingerprint density at radius 2 is 2.11 bits per heavy atom. The molecule has 0 spiro atoms. The monoisotopic (exact) mass is 288 g/mol. The van der Waals surface area contributed by atoms with Gasteiger partial charge in [-0.1, -0.05) is 18.5 Å². The minimum absolute atomic E-state index is 0.176. The van der Waals surface area contributed by atoms with Crippen LogP contribution in [0.3, 0.4) is 0 Å². The zero-order valence-corrected chi connectivity index (χ0v) is 11.0. The zero-order valence-electron chi connectivity index (χ0n) is 10.2. The molecule has 0 saturated heterocycles. The highest BCUT2D eigenvalue weighted by Crippen LogP contribution is 2.19. The molecule has 0 aromatic heterocycles. The summed E-state index contributed by atoms with van der Waals surface area (Å²) in [6.45, 7) is 1.47. The summed E-state index contributed by atoms with van der Waals surface area (Å²) < 4.78 is 13.3. The molecule has 0 fully saturated rings. The van der Waals surface area contributed by atoms with Gasteiger partial charge in [-0.2, -0.15) is 0 Å². The maximum Gasteiger partial charge on any atom is 0.313 e. The summed E-state index contributed by atoms with van der Waals surface area (Å²) in [6, 6.07) is 3.09. The van der Waals surface area contributed by atoms with Gasteiger partial charge >= 0.3 is 11.8 Å². The molecule has 104 valence electrons. The highest BCUT2D eigenvalue weighted by molar-refractivity contribution is 6.40. The molecular weight excluding hydrogens is 275 g/mol. The van der Waals surface area contributed by atoms with Gasteiger partial charge in [0, 0.05) is 5.02 Å². The third kappa shape index (κ3) is 4.50. The van der Waals surface area contributed by atoms with Gasteiger partial charge < -0.3 is 15.7 Å². The first-order chi connectivity index (χ1) is 8.97. The van der Waals surface area contributed by atoms with Crippen LogP contribution in [-0.4, -0.2) is 29.6 Å². The average molecular weight is 289 g/mol. The summed E-state index contributed by atoms with van der Waals surface area (Å²) in [7, 11) is 0. The molecule has 0 aliphatic heterocycles. The fourth-order valence-electron chi connectivity index (χ4n) is 1.30. The summed E-state index contributed by atoms with van der Waals surface area (Å²) in [4.78, 5) is 23.0. The van der Waals surface area contributed by atoms with E-state index < -0.39 is 23.7 Å². The molecule has 3 N–H and O–H groups in total. The quantitative estimate of drug-likeness (QED) is 0.731. The Balaban J connectivity index is 2.69. The maximum absolute atomic E-state index is 13.3. The number of rotatable bonds is 4. The van der Waals surface area contributed by atoms with Crippen molar-refractivity contribution < 1.29 is 19.1 Å². The van der Waals surface area contributed by atoms with Crippen LogP contribution in [0.4, 0.5) is 10.1 Å². The third-order valence-corrected chi connectivity index (χ3v) is 2.67. The topological polar surface area (TPSA) is 78.4 Å². The fraction of sp³-hybridized carbons (Fsp3) is 0.333. The van der Waals surface area contributed by atoms with Crippen molar-refractivity contribution in [3.63, 3.8) is 0 Å². The van der Waals surface area contributed by atoms with Crippen LogP contribution < -0.4 is 10.6 Å². The Morgan fingerprint density at radius 1 is 1.42 bits per heavy atom. The number of nitrogens with one attached hydrogen (secondary N) is 2. The minimum Gasteiger partial charge on any atom is -0.394 e. The van der Waals surface area contributed by atoms with E-state index >= 15 is 0 Å². The predicted octanol–water partition coefficient (Wildman–Crippen LogP) is 1.30. The van der Waals surface area contributed by atoms with Crippen molar-refractivity contribution in [2.45, 2.75) is 19.4 Å². The van der Waals surface area contributed by atoms with Crippen molar-refractivity contribution in [2.24, 2.45) is 0 Å². The summed E-state index contributed by atoms with van der Waals surface area (Å²) >= 11 is 5.66. The molecule has 0 bridgehead atoms. The molecule has 1 unspecified atom stereocenters. The number of amides is 2. The van der Waals surface area contributed by atoms with Gasteiger partial charge in [0.25, 0.3) is 0 Å². The van der Waals surface area contributed by atoms with Crippen molar-refractivity contribution in [1.29, 1.82) is 0 Å².